The Morgan fingerprint density at radius 1 is 1.38 bits per heavy atom. The van der Waals surface area contributed by atoms with Crippen LogP contribution in [0.4, 0.5) is 5.69 Å². The molecule has 3 N–H and O–H groups in total. The van der Waals surface area contributed by atoms with Crippen LogP contribution in [-0.4, -0.2) is 37.0 Å². The van der Waals surface area contributed by atoms with Crippen LogP contribution < -0.4 is 11.1 Å². The Kier molecular flexibility index (Phi) is 5.37. The number of likely N-dealkylation sites (tertiary alicyclic amines) is 1. The monoisotopic (exact) mass is 289 g/mol. The van der Waals surface area contributed by atoms with Gasteiger partial charge in [0.2, 0.25) is 5.91 Å². The number of piperidine rings is 1. The van der Waals surface area contributed by atoms with Gasteiger partial charge in [0.25, 0.3) is 0 Å². The molecule has 1 fully saturated rings. The van der Waals surface area contributed by atoms with Crippen molar-refractivity contribution in [2.75, 3.05) is 31.5 Å². The summed E-state index contributed by atoms with van der Waals surface area (Å²) < 4.78 is 0. The molecule has 1 aliphatic rings. The van der Waals surface area contributed by atoms with Crippen LogP contribution in [0.1, 0.15) is 26.7 Å². The lowest BCUT2D eigenvalue weighted by Gasteiger charge is -2.37. The number of hydrogen-bond donors (Lipinski definition) is 2. The molecule has 1 atom stereocenters. The van der Waals surface area contributed by atoms with E-state index in [9.17, 15) is 4.79 Å². The average molecular weight is 289 g/mol. The van der Waals surface area contributed by atoms with Crippen molar-refractivity contribution in [3.8, 4) is 0 Å². The van der Waals surface area contributed by atoms with Gasteiger partial charge in [-0.3, -0.25) is 4.79 Å². The Hall–Kier alpha value is -1.39. The summed E-state index contributed by atoms with van der Waals surface area (Å²) in [6.07, 6.45) is 2.39. The molecule has 1 aliphatic heterocycles. The zero-order valence-corrected chi connectivity index (χ0v) is 13.1. The highest BCUT2D eigenvalue weighted by Gasteiger charge is 2.32. The Labute approximate surface area is 127 Å². The number of benzene rings is 1. The van der Waals surface area contributed by atoms with E-state index in [0.29, 0.717) is 5.92 Å². The van der Waals surface area contributed by atoms with Crippen LogP contribution in [0.3, 0.4) is 0 Å². The van der Waals surface area contributed by atoms with E-state index in [4.69, 9.17) is 5.73 Å². The lowest BCUT2D eigenvalue weighted by molar-refractivity contribution is -0.125. The van der Waals surface area contributed by atoms with Crippen LogP contribution in [0.25, 0.3) is 0 Å². The fraction of sp³-hybridized carbons (Fsp3) is 0.588. The van der Waals surface area contributed by atoms with Gasteiger partial charge in [-0.05, 0) is 57.8 Å². The number of nitrogens with zero attached hydrogens (tertiary/aromatic N) is 1. The molecule has 116 valence electrons. The van der Waals surface area contributed by atoms with E-state index in [1.165, 1.54) is 12.8 Å². The van der Waals surface area contributed by atoms with Gasteiger partial charge in [-0.25, -0.2) is 0 Å². The first-order chi connectivity index (χ1) is 10.0. The molecule has 0 radical (unpaired) electrons. The van der Waals surface area contributed by atoms with Crippen molar-refractivity contribution in [2.24, 2.45) is 17.1 Å². The molecule has 0 spiro atoms. The second kappa shape index (κ2) is 7.05. The lowest BCUT2D eigenvalue weighted by atomic mass is 9.89. The van der Waals surface area contributed by atoms with Crippen LogP contribution in [-0.2, 0) is 4.79 Å². The van der Waals surface area contributed by atoms with Gasteiger partial charge in [0.15, 0.2) is 0 Å². The molecule has 1 amide bonds. The number of hydrogen-bond acceptors (Lipinski definition) is 3. The fourth-order valence-corrected chi connectivity index (χ4v) is 2.94. The number of nitrogens with one attached hydrogen (secondary N) is 1. The highest BCUT2D eigenvalue weighted by Crippen LogP contribution is 2.24. The predicted octanol–water partition coefficient (Wildman–Crippen LogP) is 2.32. The summed E-state index contributed by atoms with van der Waals surface area (Å²) >= 11 is 0. The maximum Gasteiger partial charge on any atom is 0.231 e. The fourth-order valence-electron chi connectivity index (χ4n) is 2.94. The minimum atomic E-state index is -0.410. The van der Waals surface area contributed by atoms with E-state index >= 15 is 0 Å². The predicted molar refractivity (Wildman–Crippen MR) is 87.1 cm³/mol. The second-order valence-corrected chi connectivity index (χ2v) is 6.68. The average Bonchev–Trinajstić information content (AvgIpc) is 2.48. The Balaban J connectivity index is 1.92. The van der Waals surface area contributed by atoms with E-state index in [2.05, 4.69) is 10.2 Å². The van der Waals surface area contributed by atoms with Crippen molar-refractivity contribution < 1.29 is 4.79 Å². The van der Waals surface area contributed by atoms with Gasteiger partial charge < -0.3 is 16.0 Å². The standard InChI is InChI=1S/C17H27N3O/c1-17(2,13-20-10-6-7-14(11-18)12-20)16(21)19-15-8-4-3-5-9-15/h3-5,8-9,14H,6-7,10-13,18H2,1-2H3,(H,19,21). The zero-order chi connectivity index (χ0) is 15.3. The maximum absolute atomic E-state index is 12.5. The number of anilines is 1. The summed E-state index contributed by atoms with van der Waals surface area (Å²) in [6.45, 7) is 7.63. The first-order valence-corrected chi connectivity index (χ1v) is 7.80. The number of carbonyl (C=O) groups excluding carboxylic acids is 1. The number of amides is 1. The minimum absolute atomic E-state index is 0.0728. The molecule has 1 unspecified atom stereocenters. The summed E-state index contributed by atoms with van der Waals surface area (Å²) in [5.41, 5.74) is 6.23. The zero-order valence-electron chi connectivity index (χ0n) is 13.1. The minimum Gasteiger partial charge on any atom is -0.330 e. The van der Waals surface area contributed by atoms with Gasteiger partial charge in [0.1, 0.15) is 0 Å². The summed E-state index contributed by atoms with van der Waals surface area (Å²) in [5, 5.41) is 3.01. The lowest BCUT2D eigenvalue weighted by Crippen LogP contribution is -2.46. The first kappa shape index (κ1) is 16.0. The van der Waals surface area contributed by atoms with Crippen molar-refractivity contribution in [3.05, 3.63) is 30.3 Å². The molecule has 1 saturated heterocycles. The summed E-state index contributed by atoms with van der Waals surface area (Å²) in [7, 11) is 0. The smallest absolute Gasteiger partial charge is 0.231 e. The van der Waals surface area contributed by atoms with Crippen LogP contribution in [0.15, 0.2) is 30.3 Å². The highest BCUT2D eigenvalue weighted by molar-refractivity contribution is 5.94. The SMILES string of the molecule is CC(C)(CN1CCCC(CN)C1)C(=O)Nc1ccccc1. The molecule has 1 aromatic rings. The topological polar surface area (TPSA) is 58.4 Å². The Morgan fingerprint density at radius 3 is 2.76 bits per heavy atom. The maximum atomic E-state index is 12.5. The van der Waals surface area contributed by atoms with Crippen molar-refractivity contribution in [2.45, 2.75) is 26.7 Å². The van der Waals surface area contributed by atoms with Gasteiger partial charge in [0, 0.05) is 18.8 Å². The van der Waals surface area contributed by atoms with E-state index in [0.717, 1.165) is 31.9 Å². The van der Waals surface area contributed by atoms with Gasteiger partial charge in [-0.15, -0.1) is 0 Å². The van der Waals surface area contributed by atoms with Crippen molar-refractivity contribution in [1.29, 1.82) is 0 Å². The van der Waals surface area contributed by atoms with E-state index in [1.54, 1.807) is 0 Å². The van der Waals surface area contributed by atoms with Crippen LogP contribution in [0.2, 0.25) is 0 Å². The molecule has 1 aromatic carbocycles. The normalized spacial score (nSPS) is 20.2. The molecular weight excluding hydrogens is 262 g/mol. The van der Waals surface area contributed by atoms with Gasteiger partial charge >= 0.3 is 0 Å². The van der Waals surface area contributed by atoms with Gasteiger partial charge in [-0.2, -0.15) is 0 Å². The molecule has 4 nitrogen and oxygen atoms in total. The van der Waals surface area contributed by atoms with E-state index in [-0.39, 0.29) is 5.91 Å². The van der Waals surface area contributed by atoms with Crippen LogP contribution >= 0.6 is 0 Å². The third kappa shape index (κ3) is 4.55. The van der Waals surface area contributed by atoms with Crippen molar-refractivity contribution in [1.82, 2.24) is 4.90 Å². The number of carbonyl (C=O) groups is 1. The largest absolute Gasteiger partial charge is 0.330 e. The first-order valence-electron chi connectivity index (χ1n) is 7.80. The molecule has 2 rings (SSSR count). The third-order valence-corrected chi connectivity index (χ3v) is 4.20. The van der Waals surface area contributed by atoms with Crippen molar-refractivity contribution >= 4 is 11.6 Å². The quantitative estimate of drug-likeness (QED) is 0.874. The van der Waals surface area contributed by atoms with Gasteiger partial charge in [-0.1, -0.05) is 18.2 Å². The Morgan fingerprint density at radius 2 is 2.10 bits per heavy atom. The molecule has 0 bridgehead atoms. The summed E-state index contributed by atoms with van der Waals surface area (Å²) in [5.74, 6) is 0.648. The highest BCUT2D eigenvalue weighted by atomic mass is 16.2. The van der Waals surface area contributed by atoms with E-state index in [1.807, 2.05) is 44.2 Å². The molecule has 21 heavy (non-hydrogen) atoms. The van der Waals surface area contributed by atoms with Crippen molar-refractivity contribution in [3.63, 3.8) is 0 Å². The van der Waals surface area contributed by atoms with Crippen LogP contribution in [0, 0.1) is 11.3 Å². The number of nitrogens with two attached hydrogens (primary N) is 1. The number of para-hydroxylation sites is 1. The second-order valence-electron chi connectivity index (χ2n) is 6.68. The number of rotatable bonds is 5. The third-order valence-electron chi connectivity index (χ3n) is 4.20. The molecule has 0 aromatic heterocycles. The van der Waals surface area contributed by atoms with Gasteiger partial charge in [0.05, 0.1) is 5.41 Å². The summed E-state index contributed by atoms with van der Waals surface area (Å²) in [6, 6.07) is 9.64. The molecule has 0 saturated carbocycles. The summed E-state index contributed by atoms with van der Waals surface area (Å²) in [4.78, 5) is 14.9. The molecule has 1 heterocycles. The molecular formula is C17H27N3O. The van der Waals surface area contributed by atoms with Crippen LogP contribution in [0.5, 0.6) is 0 Å². The Bertz CT molecular complexity index is 458. The molecule has 4 heteroatoms. The molecule has 0 aliphatic carbocycles. The van der Waals surface area contributed by atoms with E-state index < -0.39 is 5.41 Å².